The van der Waals surface area contributed by atoms with Crippen LogP contribution in [-0.4, -0.2) is 31.0 Å². The van der Waals surface area contributed by atoms with Crippen molar-refractivity contribution in [3.63, 3.8) is 0 Å². The van der Waals surface area contributed by atoms with Crippen LogP contribution in [0.2, 0.25) is 0 Å². The van der Waals surface area contributed by atoms with Crippen LogP contribution in [0.4, 0.5) is 0 Å². The van der Waals surface area contributed by atoms with Gasteiger partial charge in [0, 0.05) is 12.6 Å². The van der Waals surface area contributed by atoms with Crippen LogP contribution < -0.4 is 10.6 Å². The second-order valence-corrected chi connectivity index (χ2v) is 1.98. The number of hydrogen-bond donors (Lipinski definition) is 2. The van der Waals surface area contributed by atoms with Gasteiger partial charge in [0.2, 0.25) is 0 Å². The van der Waals surface area contributed by atoms with E-state index in [1.807, 2.05) is 0 Å². The first-order chi connectivity index (χ1) is 3.93. The minimum Gasteiger partial charge on any atom is -0.395 e. The Kier molecular flexibility index (Phi) is 2.27. The first kappa shape index (κ1) is 6.01. The predicted molar refractivity (Wildman–Crippen MR) is 30.5 cm³/mol. The molecule has 1 unspecified atom stereocenters. The molecule has 8 heavy (non-hydrogen) atoms. The van der Waals surface area contributed by atoms with Gasteiger partial charge in [-0.2, -0.15) is 0 Å². The largest absolute Gasteiger partial charge is 0.395 e. The minimum atomic E-state index is 0.246. The van der Waals surface area contributed by atoms with Gasteiger partial charge < -0.3 is 5.11 Å². The second-order valence-electron chi connectivity index (χ2n) is 1.98. The van der Waals surface area contributed by atoms with Crippen LogP contribution in [-0.2, 0) is 0 Å². The first-order valence-electron chi connectivity index (χ1n) is 2.91. The van der Waals surface area contributed by atoms with Crippen molar-refractivity contribution in [1.82, 2.24) is 10.6 Å². The summed E-state index contributed by atoms with van der Waals surface area (Å²) in [5, 5.41) is 15.7. The molecular formula is C5H11N2O. The number of hydrogen-bond acceptors (Lipinski definition) is 2. The Labute approximate surface area is 49.1 Å². The van der Waals surface area contributed by atoms with Crippen LogP contribution in [0.1, 0.15) is 6.42 Å². The van der Waals surface area contributed by atoms with Gasteiger partial charge in [-0.1, -0.05) is 0 Å². The van der Waals surface area contributed by atoms with Crippen molar-refractivity contribution < 1.29 is 5.11 Å². The standard InChI is InChI=1S/C5H11N2O/c8-3-5-1-2-6-4-7-5/h5,7-8H,1-4H2. The average Bonchev–Trinajstić information content (AvgIpc) is 1.90. The third kappa shape index (κ3) is 1.43. The summed E-state index contributed by atoms with van der Waals surface area (Å²) in [7, 11) is 0. The quantitative estimate of drug-likeness (QED) is 0.456. The molecule has 3 heteroatoms. The highest BCUT2D eigenvalue weighted by Gasteiger charge is 2.09. The van der Waals surface area contributed by atoms with E-state index in [4.69, 9.17) is 5.11 Å². The Balaban J connectivity index is 2.13. The summed E-state index contributed by atoms with van der Waals surface area (Å²) in [6.45, 7) is 1.86. The van der Waals surface area contributed by atoms with E-state index in [1.54, 1.807) is 0 Å². The lowest BCUT2D eigenvalue weighted by atomic mass is 10.2. The van der Waals surface area contributed by atoms with Gasteiger partial charge in [-0.05, 0) is 6.42 Å². The normalized spacial score (nSPS) is 30.4. The van der Waals surface area contributed by atoms with Gasteiger partial charge >= 0.3 is 0 Å². The number of aliphatic hydroxyl groups is 1. The third-order valence-electron chi connectivity index (χ3n) is 1.35. The van der Waals surface area contributed by atoms with Gasteiger partial charge in [0.15, 0.2) is 0 Å². The molecule has 1 rings (SSSR count). The van der Waals surface area contributed by atoms with Gasteiger partial charge in [0.1, 0.15) is 0 Å². The van der Waals surface area contributed by atoms with Crippen LogP contribution in [0, 0.1) is 0 Å². The Morgan fingerprint density at radius 2 is 2.62 bits per heavy atom. The molecule has 1 heterocycles. The zero-order valence-electron chi connectivity index (χ0n) is 4.80. The highest BCUT2D eigenvalue weighted by molar-refractivity contribution is 4.69. The summed E-state index contributed by atoms with van der Waals surface area (Å²) < 4.78 is 0. The lowest BCUT2D eigenvalue weighted by Gasteiger charge is -2.20. The lowest BCUT2D eigenvalue weighted by molar-refractivity contribution is 0.217. The van der Waals surface area contributed by atoms with E-state index in [-0.39, 0.29) is 6.61 Å². The molecule has 0 amide bonds. The molecular weight excluding hydrogens is 104 g/mol. The molecule has 0 aromatic heterocycles. The number of nitrogens with one attached hydrogen (secondary N) is 1. The molecule has 1 aliphatic heterocycles. The predicted octanol–water partition coefficient (Wildman–Crippen LogP) is -1.10. The summed E-state index contributed by atoms with van der Waals surface area (Å²) in [5.41, 5.74) is 0. The van der Waals surface area contributed by atoms with Crippen molar-refractivity contribution in [2.24, 2.45) is 0 Å². The fourth-order valence-electron chi connectivity index (χ4n) is 0.778. The Hall–Kier alpha value is -0.120. The molecule has 1 fully saturated rings. The van der Waals surface area contributed by atoms with Crippen LogP contribution in [0.25, 0.3) is 0 Å². The van der Waals surface area contributed by atoms with Gasteiger partial charge in [0.05, 0.1) is 13.3 Å². The van der Waals surface area contributed by atoms with Crippen molar-refractivity contribution in [3.8, 4) is 0 Å². The minimum absolute atomic E-state index is 0.246. The van der Waals surface area contributed by atoms with Crippen LogP contribution >= 0.6 is 0 Å². The summed E-state index contributed by atoms with van der Waals surface area (Å²) >= 11 is 0. The van der Waals surface area contributed by atoms with Crippen molar-refractivity contribution in [2.45, 2.75) is 12.5 Å². The fourth-order valence-corrected chi connectivity index (χ4v) is 0.778. The third-order valence-corrected chi connectivity index (χ3v) is 1.35. The summed E-state index contributed by atoms with van der Waals surface area (Å²) in [5.74, 6) is 0. The van der Waals surface area contributed by atoms with Crippen LogP contribution in [0.15, 0.2) is 0 Å². The Bertz CT molecular complexity index is 61.4. The maximum Gasteiger partial charge on any atom is 0.0626 e. The van der Waals surface area contributed by atoms with E-state index in [0.717, 1.165) is 13.0 Å². The second kappa shape index (κ2) is 3.02. The molecule has 0 aliphatic carbocycles. The van der Waals surface area contributed by atoms with Crippen molar-refractivity contribution in [2.75, 3.05) is 19.8 Å². The molecule has 1 saturated heterocycles. The van der Waals surface area contributed by atoms with E-state index in [9.17, 15) is 0 Å². The fraction of sp³-hybridized carbons (Fsp3) is 1.00. The monoisotopic (exact) mass is 115 g/mol. The summed E-state index contributed by atoms with van der Waals surface area (Å²) in [4.78, 5) is 0. The zero-order valence-corrected chi connectivity index (χ0v) is 4.80. The van der Waals surface area contributed by atoms with E-state index >= 15 is 0 Å². The molecule has 1 radical (unpaired) electrons. The number of aliphatic hydroxyl groups excluding tert-OH is 1. The highest BCUT2D eigenvalue weighted by Crippen LogP contribution is 1.92. The molecule has 0 aromatic rings. The number of rotatable bonds is 1. The maximum absolute atomic E-state index is 8.59. The van der Waals surface area contributed by atoms with Gasteiger partial charge in [-0.25, -0.2) is 5.32 Å². The molecule has 0 bridgehead atoms. The SMILES string of the molecule is OCC1CC[N]CN1. The zero-order chi connectivity index (χ0) is 5.82. The van der Waals surface area contributed by atoms with Crippen LogP contribution in [0.5, 0.6) is 0 Å². The molecule has 47 valence electrons. The smallest absolute Gasteiger partial charge is 0.0626 e. The van der Waals surface area contributed by atoms with Crippen molar-refractivity contribution in [3.05, 3.63) is 0 Å². The molecule has 3 nitrogen and oxygen atoms in total. The van der Waals surface area contributed by atoms with E-state index in [1.165, 1.54) is 0 Å². The van der Waals surface area contributed by atoms with Crippen molar-refractivity contribution >= 4 is 0 Å². The molecule has 0 aromatic carbocycles. The van der Waals surface area contributed by atoms with E-state index in [2.05, 4.69) is 10.6 Å². The topological polar surface area (TPSA) is 46.4 Å². The maximum atomic E-state index is 8.59. The average molecular weight is 115 g/mol. The summed E-state index contributed by atoms with van der Waals surface area (Å²) in [6, 6.07) is 0.299. The number of nitrogens with zero attached hydrogens (tertiary/aromatic N) is 1. The van der Waals surface area contributed by atoms with Gasteiger partial charge in [-0.15, -0.1) is 0 Å². The summed E-state index contributed by atoms with van der Waals surface area (Å²) in [6.07, 6.45) is 0.983. The van der Waals surface area contributed by atoms with Crippen molar-refractivity contribution in [1.29, 1.82) is 0 Å². The Morgan fingerprint density at radius 1 is 1.75 bits per heavy atom. The molecule has 2 N–H and O–H groups in total. The lowest BCUT2D eigenvalue weighted by Crippen LogP contribution is -2.43. The van der Waals surface area contributed by atoms with Gasteiger partial charge in [0.25, 0.3) is 0 Å². The Morgan fingerprint density at radius 3 is 3.00 bits per heavy atom. The molecule has 1 atom stereocenters. The van der Waals surface area contributed by atoms with E-state index < -0.39 is 0 Å². The molecule has 0 spiro atoms. The van der Waals surface area contributed by atoms with Crippen LogP contribution in [0.3, 0.4) is 0 Å². The first-order valence-corrected chi connectivity index (χ1v) is 2.91. The molecule has 1 aliphatic rings. The van der Waals surface area contributed by atoms with Gasteiger partial charge in [-0.3, -0.25) is 5.32 Å². The molecule has 0 saturated carbocycles. The highest BCUT2D eigenvalue weighted by atomic mass is 16.3. The van der Waals surface area contributed by atoms with E-state index in [0.29, 0.717) is 12.7 Å².